The van der Waals surface area contributed by atoms with E-state index in [0.29, 0.717) is 24.3 Å². The van der Waals surface area contributed by atoms with Gasteiger partial charge in [0.05, 0.1) is 6.54 Å². The average Bonchev–Trinajstić information content (AvgIpc) is 2.90. The van der Waals surface area contributed by atoms with Gasteiger partial charge in [-0.3, -0.25) is 14.7 Å². The molecule has 1 fully saturated rings. The average molecular weight is 349 g/mol. The van der Waals surface area contributed by atoms with Crippen LogP contribution in [0.15, 0.2) is 40.2 Å². The summed E-state index contributed by atoms with van der Waals surface area (Å²) in [5.74, 6) is 0.459. The van der Waals surface area contributed by atoms with Crippen LogP contribution in [0.25, 0.3) is 0 Å². The molecule has 0 aliphatic carbocycles. The Kier molecular flexibility index (Phi) is 6.92. The van der Waals surface area contributed by atoms with E-state index < -0.39 is 0 Å². The van der Waals surface area contributed by atoms with Crippen molar-refractivity contribution in [1.82, 2.24) is 20.9 Å². The third kappa shape index (κ3) is 5.45. The van der Waals surface area contributed by atoms with Crippen molar-refractivity contribution in [3.05, 3.63) is 30.3 Å². The maximum absolute atomic E-state index is 11.5. The summed E-state index contributed by atoms with van der Waals surface area (Å²) in [5.41, 5.74) is 0. The third-order valence-corrected chi connectivity index (χ3v) is 4.54. The second kappa shape index (κ2) is 9.17. The first-order valence-electron chi connectivity index (χ1n) is 7.84. The first-order valence-corrected chi connectivity index (χ1v) is 8.72. The van der Waals surface area contributed by atoms with Crippen LogP contribution in [0.1, 0.15) is 6.92 Å². The number of imide groups is 1. The predicted molar refractivity (Wildman–Crippen MR) is 96.2 cm³/mol. The number of hydrogen-bond donors (Lipinski definition) is 3. The molecule has 1 aromatic rings. The van der Waals surface area contributed by atoms with Crippen LogP contribution in [0, 0.1) is 0 Å². The number of hydrogen-bond acceptors (Lipinski definition) is 4. The molecule has 0 saturated carbocycles. The van der Waals surface area contributed by atoms with E-state index in [1.54, 1.807) is 18.8 Å². The van der Waals surface area contributed by atoms with Crippen molar-refractivity contribution in [3.8, 4) is 0 Å². The number of thioether (sulfide) groups is 1. The summed E-state index contributed by atoms with van der Waals surface area (Å²) < 4.78 is 0. The summed E-state index contributed by atoms with van der Waals surface area (Å²) in [7, 11) is 1.69. The Morgan fingerprint density at radius 1 is 1.33 bits per heavy atom. The Hall–Kier alpha value is -2.22. The number of benzene rings is 1. The van der Waals surface area contributed by atoms with Crippen molar-refractivity contribution in [3.63, 3.8) is 0 Å². The van der Waals surface area contributed by atoms with E-state index in [1.807, 2.05) is 18.2 Å². The highest BCUT2D eigenvalue weighted by molar-refractivity contribution is 8.00. The quantitative estimate of drug-likeness (QED) is 0.295. The summed E-state index contributed by atoms with van der Waals surface area (Å²) in [6, 6.07) is 9.90. The Labute approximate surface area is 146 Å². The molecular weight excluding hydrogens is 326 g/mol. The van der Waals surface area contributed by atoms with E-state index in [4.69, 9.17) is 0 Å². The molecule has 24 heavy (non-hydrogen) atoms. The van der Waals surface area contributed by atoms with Gasteiger partial charge in [0.2, 0.25) is 5.91 Å². The lowest BCUT2D eigenvalue weighted by molar-refractivity contribution is -0.124. The lowest BCUT2D eigenvalue weighted by Gasteiger charge is -2.17. The minimum Gasteiger partial charge on any atom is -0.355 e. The van der Waals surface area contributed by atoms with Gasteiger partial charge in [0.1, 0.15) is 0 Å². The van der Waals surface area contributed by atoms with Crippen LogP contribution in [-0.4, -0.2) is 61.3 Å². The SMILES string of the molecule is CN=C(NCCN1C(=O)CNC1=O)NCC(C)Sc1ccccc1. The van der Waals surface area contributed by atoms with E-state index in [2.05, 4.69) is 40.0 Å². The molecule has 130 valence electrons. The first-order chi connectivity index (χ1) is 11.6. The molecule has 0 aromatic heterocycles. The maximum Gasteiger partial charge on any atom is 0.324 e. The summed E-state index contributed by atoms with van der Waals surface area (Å²) >= 11 is 1.79. The number of carbonyl (C=O) groups excluding carboxylic acids is 2. The minimum atomic E-state index is -0.336. The van der Waals surface area contributed by atoms with Gasteiger partial charge in [0.25, 0.3) is 0 Å². The molecule has 0 radical (unpaired) electrons. The summed E-state index contributed by atoms with van der Waals surface area (Å²) in [5, 5.41) is 9.23. The Morgan fingerprint density at radius 3 is 2.71 bits per heavy atom. The fourth-order valence-corrected chi connectivity index (χ4v) is 3.15. The van der Waals surface area contributed by atoms with Crippen LogP contribution < -0.4 is 16.0 Å². The van der Waals surface area contributed by atoms with E-state index in [1.165, 1.54) is 9.80 Å². The number of nitrogens with one attached hydrogen (secondary N) is 3. The lowest BCUT2D eigenvalue weighted by Crippen LogP contribution is -2.44. The molecule has 1 atom stereocenters. The van der Waals surface area contributed by atoms with Gasteiger partial charge in [-0.1, -0.05) is 25.1 Å². The second-order valence-corrected chi connectivity index (χ2v) is 6.84. The molecule has 1 saturated heterocycles. The fraction of sp³-hybridized carbons (Fsp3) is 0.438. The van der Waals surface area contributed by atoms with Crippen molar-refractivity contribution >= 4 is 29.7 Å². The van der Waals surface area contributed by atoms with Crippen molar-refractivity contribution in [2.45, 2.75) is 17.1 Å². The molecule has 8 heteroatoms. The number of carbonyl (C=O) groups is 2. The molecule has 0 spiro atoms. The van der Waals surface area contributed by atoms with Crippen LogP contribution >= 0.6 is 11.8 Å². The van der Waals surface area contributed by atoms with E-state index in [0.717, 1.165) is 6.54 Å². The number of urea groups is 1. The molecule has 0 bridgehead atoms. The molecule has 1 aliphatic heterocycles. The summed E-state index contributed by atoms with van der Waals surface area (Å²) in [6.45, 7) is 3.76. The van der Waals surface area contributed by atoms with Crippen LogP contribution in [0.5, 0.6) is 0 Å². The molecule has 1 aliphatic rings. The van der Waals surface area contributed by atoms with Gasteiger partial charge in [0, 0.05) is 36.8 Å². The Bertz CT molecular complexity index is 577. The highest BCUT2D eigenvalue weighted by atomic mass is 32.2. The molecule has 1 unspecified atom stereocenters. The Morgan fingerprint density at radius 2 is 2.08 bits per heavy atom. The van der Waals surface area contributed by atoms with E-state index >= 15 is 0 Å². The lowest BCUT2D eigenvalue weighted by atomic mass is 10.4. The zero-order valence-electron chi connectivity index (χ0n) is 13.9. The molecular formula is C16H23N5O2S. The van der Waals surface area contributed by atoms with Crippen LogP contribution in [-0.2, 0) is 4.79 Å². The van der Waals surface area contributed by atoms with Crippen molar-refractivity contribution in [2.75, 3.05) is 33.2 Å². The smallest absolute Gasteiger partial charge is 0.324 e. The van der Waals surface area contributed by atoms with Gasteiger partial charge < -0.3 is 16.0 Å². The third-order valence-electron chi connectivity index (χ3n) is 3.43. The standard InChI is InChI=1S/C16H23N5O2S/c1-12(24-13-6-4-3-5-7-13)10-19-15(17-2)18-8-9-21-14(22)11-20-16(21)23/h3-7,12H,8-11H2,1-2H3,(H,20,23)(H2,17,18,19). The Balaban J connectivity index is 1.68. The maximum atomic E-state index is 11.5. The number of amides is 3. The molecule has 7 nitrogen and oxygen atoms in total. The van der Waals surface area contributed by atoms with Gasteiger partial charge in [0.15, 0.2) is 5.96 Å². The van der Waals surface area contributed by atoms with E-state index in [-0.39, 0.29) is 18.5 Å². The van der Waals surface area contributed by atoms with Gasteiger partial charge in [-0.05, 0) is 12.1 Å². The normalized spacial score (nSPS) is 16.1. The topological polar surface area (TPSA) is 85.8 Å². The molecule has 3 N–H and O–H groups in total. The monoisotopic (exact) mass is 349 g/mol. The second-order valence-electron chi connectivity index (χ2n) is 5.33. The first kappa shape index (κ1) is 18.1. The molecule has 1 heterocycles. The summed E-state index contributed by atoms with van der Waals surface area (Å²) in [4.78, 5) is 29.5. The largest absolute Gasteiger partial charge is 0.355 e. The number of nitrogens with zero attached hydrogens (tertiary/aromatic N) is 2. The number of guanidine groups is 1. The van der Waals surface area contributed by atoms with Gasteiger partial charge in [-0.2, -0.15) is 0 Å². The predicted octanol–water partition coefficient (Wildman–Crippen LogP) is 0.884. The van der Waals surface area contributed by atoms with Crippen LogP contribution in [0.2, 0.25) is 0 Å². The zero-order valence-corrected chi connectivity index (χ0v) is 14.7. The van der Waals surface area contributed by atoms with E-state index in [9.17, 15) is 9.59 Å². The number of rotatable bonds is 7. The van der Waals surface area contributed by atoms with Crippen LogP contribution in [0.3, 0.4) is 0 Å². The van der Waals surface area contributed by atoms with Crippen molar-refractivity contribution in [1.29, 1.82) is 0 Å². The van der Waals surface area contributed by atoms with Gasteiger partial charge in [-0.25, -0.2) is 4.79 Å². The highest BCUT2D eigenvalue weighted by Crippen LogP contribution is 2.21. The molecule has 3 amide bonds. The van der Waals surface area contributed by atoms with Crippen LogP contribution in [0.4, 0.5) is 4.79 Å². The minimum absolute atomic E-state index is 0.0834. The van der Waals surface area contributed by atoms with Gasteiger partial charge >= 0.3 is 6.03 Å². The summed E-state index contributed by atoms with van der Waals surface area (Å²) in [6.07, 6.45) is 0. The van der Waals surface area contributed by atoms with Gasteiger partial charge in [-0.15, -0.1) is 11.8 Å². The fourth-order valence-electron chi connectivity index (χ4n) is 2.20. The van der Waals surface area contributed by atoms with Crippen molar-refractivity contribution in [2.24, 2.45) is 4.99 Å². The zero-order chi connectivity index (χ0) is 17.4. The molecule has 2 rings (SSSR count). The highest BCUT2D eigenvalue weighted by Gasteiger charge is 2.27. The van der Waals surface area contributed by atoms with Crippen molar-refractivity contribution < 1.29 is 9.59 Å². The molecule has 1 aromatic carbocycles. The number of aliphatic imine (C=N–C) groups is 1.